The minimum absolute atomic E-state index is 0.205. The topological polar surface area (TPSA) is 92.3 Å². The lowest BCUT2D eigenvalue weighted by atomic mass is 10.2. The predicted octanol–water partition coefficient (Wildman–Crippen LogP) is 4.12. The molecule has 2 aromatic heterocycles. The van der Waals surface area contributed by atoms with Gasteiger partial charge in [0.1, 0.15) is 28.2 Å². The molecule has 0 atom stereocenters. The standard InChI is InChI=1S/C22H22N4O3/c1-22(2,3)29-21(27)17-18-20(25-16-11-6-5-10-15(16)24-18)26(19(17)23)13-8-7-9-14(12-13)28-4/h5-12H,23H2,1-4H3. The van der Waals surface area contributed by atoms with E-state index in [9.17, 15) is 4.79 Å². The van der Waals surface area contributed by atoms with Crippen molar-refractivity contribution in [2.45, 2.75) is 26.4 Å². The Balaban J connectivity index is 2.05. The number of rotatable bonds is 3. The van der Waals surface area contributed by atoms with Crippen molar-refractivity contribution >= 4 is 34.0 Å². The number of carbonyl (C=O) groups is 1. The molecule has 4 rings (SSSR count). The Bertz CT molecular complexity index is 1240. The van der Waals surface area contributed by atoms with Crippen molar-refractivity contribution in [2.75, 3.05) is 12.8 Å². The van der Waals surface area contributed by atoms with E-state index in [4.69, 9.17) is 20.2 Å². The van der Waals surface area contributed by atoms with Crippen LogP contribution in [0.5, 0.6) is 5.75 Å². The molecule has 0 unspecified atom stereocenters. The van der Waals surface area contributed by atoms with Crippen LogP contribution in [0.15, 0.2) is 48.5 Å². The van der Waals surface area contributed by atoms with Crippen molar-refractivity contribution in [3.63, 3.8) is 0 Å². The van der Waals surface area contributed by atoms with Gasteiger partial charge >= 0.3 is 5.97 Å². The fraction of sp³-hybridized carbons (Fsp3) is 0.227. The monoisotopic (exact) mass is 390 g/mol. The first kappa shape index (κ1) is 18.7. The largest absolute Gasteiger partial charge is 0.497 e. The maximum absolute atomic E-state index is 13.0. The van der Waals surface area contributed by atoms with Crippen LogP contribution in [0, 0.1) is 0 Å². The average molecular weight is 390 g/mol. The van der Waals surface area contributed by atoms with Gasteiger partial charge in [-0.15, -0.1) is 0 Å². The number of anilines is 1. The van der Waals surface area contributed by atoms with Gasteiger partial charge < -0.3 is 15.2 Å². The predicted molar refractivity (Wildman–Crippen MR) is 113 cm³/mol. The van der Waals surface area contributed by atoms with Crippen LogP contribution in [-0.4, -0.2) is 33.2 Å². The molecule has 2 aromatic carbocycles. The number of ether oxygens (including phenoxy) is 2. The van der Waals surface area contributed by atoms with E-state index in [1.54, 1.807) is 11.7 Å². The molecule has 0 spiro atoms. The lowest BCUT2D eigenvalue weighted by Crippen LogP contribution is -2.24. The second-order valence-electron chi connectivity index (χ2n) is 7.68. The zero-order valence-electron chi connectivity index (χ0n) is 16.8. The first-order valence-corrected chi connectivity index (χ1v) is 9.23. The molecule has 29 heavy (non-hydrogen) atoms. The molecule has 4 aromatic rings. The molecule has 0 aliphatic carbocycles. The molecule has 148 valence electrons. The summed E-state index contributed by atoms with van der Waals surface area (Å²) in [5, 5.41) is 0. The fourth-order valence-corrected chi connectivity index (χ4v) is 3.20. The highest BCUT2D eigenvalue weighted by atomic mass is 16.6. The van der Waals surface area contributed by atoms with Crippen molar-refractivity contribution < 1.29 is 14.3 Å². The van der Waals surface area contributed by atoms with Crippen LogP contribution in [-0.2, 0) is 4.74 Å². The summed E-state index contributed by atoms with van der Waals surface area (Å²) in [6.45, 7) is 5.43. The second-order valence-corrected chi connectivity index (χ2v) is 7.68. The van der Waals surface area contributed by atoms with E-state index < -0.39 is 11.6 Å². The molecule has 2 heterocycles. The van der Waals surface area contributed by atoms with E-state index >= 15 is 0 Å². The van der Waals surface area contributed by atoms with Crippen LogP contribution in [0.3, 0.4) is 0 Å². The quantitative estimate of drug-likeness (QED) is 0.529. The van der Waals surface area contributed by atoms with Crippen molar-refractivity contribution in [3.8, 4) is 11.4 Å². The molecule has 0 saturated carbocycles. The molecule has 0 saturated heterocycles. The van der Waals surface area contributed by atoms with Gasteiger partial charge in [-0.05, 0) is 45.0 Å². The average Bonchev–Trinajstić information content (AvgIpc) is 2.95. The number of benzene rings is 2. The zero-order chi connectivity index (χ0) is 20.8. The van der Waals surface area contributed by atoms with Crippen LogP contribution in [0.4, 0.5) is 5.82 Å². The molecule has 0 bridgehead atoms. The van der Waals surface area contributed by atoms with Crippen LogP contribution in [0.1, 0.15) is 31.1 Å². The summed E-state index contributed by atoms with van der Waals surface area (Å²) >= 11 is 0. The van der Waals surface area contributed by atoms with Gasteiger partial charge in [-0.1, -0.05) is 18.2 Å². The summed E-state index contributed by atoms with van der Waals surface area (Å²) in [5.74, 6) is 0.348. The van der Waals surface area contributed by atoms with Crippen LogP contribution in [0.2, 0.25) is 0 Å². The number of esters is 1. The van der Waals surface area contributed by atoms with E-state index in [1.807, 2.05) is 69.3 Å². The van der Waals surface area contributed by atoms with Crippen molar-refractivity contribution in [1.82, 2.24) is 14.5 Å². The fourth-order valence-electron chi connectivity index (χ4n) is 3.20. The highest BCUT2D eigenvalue weighted by molar-refractivity contribution is 6.09. The van der Waals surface area contributed by atoms with Crippen molar-refractivity contribution in [2.24, 2.45) is 0 Å². The minimum atomic E-state index is -0.668. The third-order valence-electron chi connectivity index (χ3n) is 4.41. The molecular formula is C22H22N4O3. The highest BCUT2D eigenvalue weighted by Crippen LogP contribution is 2.33. The Morgan fingerprint density at radius 2 is 1.72 bits per heavy atom. The second kappa shape index (κ2) is 6.77. The maximum atomic E-state index is 13.0. The number of hydrogen-bond acceptors (Lipinski definition) is 6. The van der Waals surface area contributed by atoms with Gasteiger partial charge in [0.15, 0.2) is 5.65 Å². The van der Waals surface area contributed by atoms with Gasteiger partial charge in [0.05, 0.1) is 23.8 Å². The summed E-state index contributed by atoms with van der Waals surface area (Å²) < 4.78 is 12.6. The first-order valence-electron chi connectivity index (χ1n) is 9.23. The van der Waals surface area contributed by atoms with E-state index in [0.717, 1.165) is 0 Å². The summed E-state index contributed by atoms with van der Waals surface area (Å²) in [5.41, 5.74) is 8.98. The number of nitrogens with two attached hydrogens (primary N) is 1. The van der Waals surface area contributed by atoms with Gasteiger partial charge in [-0.25, -0.2) is 14.8 Å². The van der Waals surface area contributed by atoms with Crippen molar-refractivity contribution in [1.29, 1.82) is 0 Å². The number of para-hydroxylation sites is 2. The molecule has 7 nitrogen and oxygen atoms in total. The third-order valence-corrected chi connectivity index (χ3v) is 4.41. The molecule has 0 fully saturated rings. The van der Waals surface area contributed by atoms with Crippen LogP contribution < -0.4 is 10.5 Å². The minimum Gasteiger partial charge on any atom is -0.497 e. The molecular weight excluding hydrogens is 368 g/mol. The smallest absolute Gasteiger partial charge is 0.344 e. The molecule has 2 N–H and O–H groups in total. The molecule has 0 amide bonds. The number of methoxy groups -OCH3 is 1. The lowest BCUT2D eigenvalue weighted by Gasteiger charge is -2.19. The van der Waals surface area contributed by atoms with E-state index in [0.29, 0.717) is 33.6 Å². The van der Waals surface area contributed by atoms with Gasteiger partial charge in [0.2, 0.25) is 0 Å². The molecule has 0 aliphatic rings. The first-order chi connectivity index (χ1) is 13.8. The number of hydrogen-bond donors (Lipinski definition) is 1. The Hall–Kier alpha value is -3.61. The lowest BCUT2D eigenvalue weighted by molar-refractivity contribution is 0.00728. The Labute approximate surface area is 168 Å². The summed E-state index contributed by atoms with van der Waals surface area (Å²) in [6.07, 6.45) is 0. The van der Waals surface area contributed by atoms with E-state index in [2.05, 4.69) is 4.98 Å². The SMILES string of the molecule is COc1cccc(-n2c(N)c(C(=O)OC(C)(C)C)c3nc4ccccc4nc32)c1. The van der Waals surface area contributed by atoms with Gasteiger partial charge in [0, 0.05) is 6.07 Å². The third kappa shape index (κ3) is 3.35. The number of nitrogens with zero attached hydrogens (tertiary/aromatic N) is 3. The molecule has 0 aliphatic heterocycles. The summed E-state index contributed by atoms with van der Waals surface area (Å²) in [4.78, 5) is 22.4. The summed E-state index contributed by atoms with van der Waals surface area (Å²) in [6, 6.07) is 14.9. The molecule has 0 radical (unpaired) electrons. The highest BCUT2D eigenvalue weighted by Gasteiger charge is 2.28. The Kier molecular flexibility index (Phi) is 4.38. The van der Waals surface area contributed by atoms with E-state index in [-0.39, 0.29) is 11.4 Å². The summed E-state index contributed by atoms with van der Waals surface area (Å²) in [7, 11) is 1.59. The number of carbonyl (C=O) groups excluding carboxylic acids is 1. The van der Waals surface area contributed by atoms with Gasteiger partial charge in [-0.3, -0.25) is 4.57 Å². The van der Waals surface area contributed by atoms with Gasteiger partial charge in [-0.2, -0.15) is 0 Å². The van der Waals surface area contributed by atoms with Crippen LogP contribution in [0.25, 0.3) is 27.9 Å². The number of aromatic nitrogens is 3. The molecule has 7 heteroatoms. The number of fused-ring (bicyclic) bond motifs is 2. The Morgan fingerprint density at radius 3 is 2.38 bits per heavy atom. The number of nitrogen functional groups attached to an aromatic ring is 1. The van der Waals surface area contributed by atoms with Gasteiger partial charge in [0.25, 0.3) is 0 Å². The van der Waals surface area contributed by atoms with Crippen LogP contribution >= 0.6 is 0 Å². The zero-order valence-corrected chi connectivity index (χ0v) is 16.8. The maximum Gasteiger partial charge on any atom is 0.344 e. The Morgan fingerprint density at radius 1 is 1.03 bits per heavy atom. The normalized spacial score (nSPS) is 11.7. The van der Waals surface area contributed by atoms with E-state index in [1.165, 1.54) is 0 Å². The van der Waals surface area contributed by atoms with Crippen molar-refractivity contribution in [3.05, 3.63) is 54.1 Å².